The van der Waals surface area contributed by atoms with Crippen LogP contribution in [0.5, 0.6) is 0 Å². The summed E-state index contributed by atoms with van der Waals surface area (Å²) in [5.74, 6) is 1.88. The SMILES string of the molecule is CN(C)CCCNc1cc(=S)nc(C(C)(C)C)[nH]1. The third-order valence-electron chi connectivity index (χ3n) is 2.55. The molecule has 0 fully saturated rings. The van der Waals surface area contributed by atoms with Gasteiger partial charge in [0.15, 0.2) is 0 Å². The van der Waals surface area contributed by atoms with Crippen LogP contribution in [-0.2, 0) is 5.41 Å². The summed E-state index contributed by atoms with van der Waals surface area (Å²) in [6.45, 7) is 8.37. The molecule has 0 saturated heterocycles. The first-order valence-corrected chi connectivity index (χ1v) is 6.70. The van der Waals surface area contributed by atoms with Crippen LogP contribution >= 0.6 is 12.2 Å². The van der Waals surface area contributed by atoms with E-state index >= 15 is 0 Å². The molecule has 1 heterocycles. The van der Waals surface area contributed by atoms with Gasteiger partial charge in [-0.3, -0.25) is 0 Å². The zero-order valence-electron chi connectivity index (χ0n) is 12.0. The molecule has 18 heavy (non-hydrogen) atoms. The lowest BCUT2D eigenvalue weighted by molar-refractivity contribution is 0.405. The summed E-state index contributed by atoms with van der Waals surface area (Å²) < 4.78 is 0.633. The second-order valence-electron chi connectivity index (χ2n) is 5.82. The van der Waals surface area contributed by atoms with Crippen molar-refractivity contribution < 1.29 is 0 Å². The molecule has 1 rings (SSSR count). The van der Waals surface area contributed by atoms with Crippen LogP contribution in [0.1, 0.15) is 33.0 Å². The molecule has 0 spiro atoms. The lowest BCUT2D eigenvalue weighted by Crippen LogP contribution is -2.19. The smallest absolute Gasteiger partial charge is 0.131 e. The van der Waals surface area contributed by atoms with Crippen molar-refractivity contribution in [3.05, 3.63) is 16.5 Å². The van der Waals surface area contributed by atoms with Gasteiger partial charge in [0, 0.05) is 18.0 Å². The Balaban J connectivity index is 2.67. The minimum absolute atomic E-state index is 0.0190. The van der Waals surface area contributed by atoms with Crippen molar-refractivity contribution in [2.24, 2.45) is 0 Å². The lowest BCUT2D eigenvalue weighted by Gasteiger charge is -2.19. The number of aromatic nitrogens is 2. The maximum Gasteiger partial charge on any atom is 0.131 e. The zero-order chi connectivity index (χ0) is 13.8. The quantitative estimate of drug-likeness (QED) is 0.636. The van der Waals surface area contributed by atoms with E-state index in [1.54, 1.807) is 0 Å². The van der Waals surface area contributed by atoms with Crippen molar-refractivity contribution in [3.8, 4) is 0 Å². The van der Waals surface area contributed by atoms with E-state index < -0.39 is 0 Å². The summed E-state index contributed by atoms with van der Waals surface area (Å²) in [4.78, 5) is 9.86. The number of nitrogens with zero attached hydrogens (tertiary/aromatic N) is 2. The average Bonchev–Trinajstić information content (AvgIpc) is 2.22. The van der Waals surface area contributed by atoms with Crippen molar-refractivity contribution in [2.75, 3.05) is 32.5 Å². The maximum absolute atomic E-state index is 5.20. The molecule has 0 amide bonds. The van der Waals surface area contributed by atoms with E-state index in [2.05, 4.69) is 55.1 Å². The van der Waals surface area contributed by atoms with Crippen LogP contribution in [0, 0.1) is 4.64 Å². The second-order valence-corrected chi connectivity index (χ2v) is 6.23. The summed E-state index contributed by atoms with van der Waals surface area (Å²) in [5, 5.41) is 3.36. The summed E-state index contributed by atoms with van der Waals surface area (Å²) in [5.41, 5.74) is -0.0190. The van der Waals surface area contributed by atoms with Crippen LogP contribution in [0.2, 0.25) is 0 Å². The van der Waals surface area contributed by atoms with Crippen molar-refractivity contribution in [2.45, 2.75) is 32.6 Å². The van der Waals surface area contributed by atoms with Gasteiger partial charge < -0.3 is 15.2 Å². The highest BCUT2D eigenvalue weighted by atomic mass is 32.1. The first-order valence-electron chi connectivity index (χ1n) is 6.29. The number of rotatable bonds is 5. The molecule has 0 radical (unpaired) electrons. The summed E-state index contributed by atoms with van der Waals surface area (Å²) in [6, 6.07) is 1.88. The highest BCUT2D eigenvalue weighted by Gasteiger charge is 2.16. The van der Waals surface area contributed by atoms with Crippen LogP contribution in [0.4, 0.5) is 5.82 Å². The van der Waals surface area contributed by atoms with E-state index in [0.717, 1.165) is 31.2 Å². The topological polar surface area (TPSA) is 44.0 Å². The van der Waals surface area contributed by atoms with Crippen LogP contribution < -0.4 is 5.32 Å². The molecule has 0 aliphatic carbocycles. The Kier molecular flexibility index (Phi) is 5.28. The molecule has 5 heteroatoms. The summed E-state index contributed by atoms with van der Waals surface area (Å²) in [7, 11) is 4.16. The number of anilines is 1. The Labute approximate surface area is 115 Å². The number of hydrogen-bond donors (Lipinski definition) is 2. The van der Waals surface area contributed by atoms with Gasteiger partial charge in [-0.2, -0.15) is 0 Å². The molecular formula is C13H24N4S. The van der Waals surface area contributed by atoms with Gasteiger partial charge in [-0.25, -0.2) is 4.98 Å². The fourth-order valence-corrected chi connectivity index (χ4v) is 1.74. The van der Waals surface area contributed by atoms with Gasteiger partial charge in [0.25, 0.3) is 0 Å². The molecule has 4 nitrogen and oxygen atoms in total. The van der Waals surface area contributed by atoms with Crippen LogP contribution in [0.15, 0.2) is 6.07 Å². The van der Waals surface area contributed by atoms with Crippen molar-refractivity contribution >= 4 is 18.0 Å². The van der Waals surface area contributed by atoms with Gasteiger partial charge >= 0.3 is 0 Å². The summed E-state index contributed by atoms with van der Waals surface area (Å²) in [6.07, 6.45) is 1.10. The Bertz CT molecular complexity index is 431. The molecular weight excluding hydrogens is 244 g/mol. The fraction of sp³-hybridized carbons (Fsp3) is 0.692. The molecule has 102 valence electrons. The molecule has 0 aliphatic rings. The van der Waals surface area contributed by atoms with E-state index in [4.69, 9.17) is 12.2 Å². The molecule has 1 aromatic heterocycles. The Hall–Kier alpha value is -0.940. The number of hydrogen-bond acceptors (Lipinski definition) is 4. The molecule has 0 atom stereocenters. The minimum Gasteiger partial charge on any atom is -0.371 e. The third-order valence-corrected chi connectivity index (χ3v) is 2.76. The lowest BCUT2D eigenvalue weighted by atomic mass is 9.96. The minimum atomic E-state index is -0.0190. The predicted molar refractivity (Wildman–Crippen MR) is 79.8 cm³/mol. The number of H-pyrrole nitrogens is 1. The zero-order valence-corrected chi connectivity index (χ0v) is 12.8. The van der Waals surface area contributed by atoms with Crippen molar-refractivity contribution in [3.63, 3.8) is 0 Å². The van der Waals surface area contributed by atoms with Crippen LogP contribution in [-0.4, -0.2) is 42.1 Å². The third kappa shape index (κ3) is 5.14. The van der Waals surface area contributed by atoms with E-state index in [1.165, 1.54) is 0 Å². The van der Waals surface area contributed by atoms with Gasteiger partial charge in [0.1, 0.15) is 16.3 Å². The van der Waals surface area contributed by atoms with Gasteiger partial charge in [-0.15, -0.1) is 0 Å². The molecule has 0 unspecified atom stereocenters. The molecule has 2 N–H and O–H groups in total. The molecule has 0 aliphatic heterocycles. The predicted octanol–water partition coefficient (Wildman–Crippen LogP) is 2.80. The molecule has 0 bridgehead atoms. The monoisotopic (exact) mass is 268 g/mol. The van der Waals surface area contributed by atoms with Crippen molar-refractivity contribution in [1.29, 1.82) is 0 Å². The highest BCUT2D eigenvalue weighted by molar-refractivity contribution is 7.71. The molecule has 0 aromatic carbocycles. The highest BCUT2D eigenvalue weighted by Crippen LogP contribution is 2.19. The van der Waals surface area contributed by atoms with Gasteiger partial charge in [0.05, 0.1) is 0 Å². The molecule has 0 saturated carbocycles. The van der Waals surface area contributed by atoms with E-state index in [1.807, 2.05) is 6.07 Å². The normalized spacial score (nSPS) is 11.9. The second kappa shape index (κ2) is 6.29. The number of aromatic amines is 1. The first kappa shape index (κ1) is 15.1. The Morgan fingerprint density at radius 2 is 2.06 bits per heavy atom. The molecule has 1 aromatic rings. The Morgan fingerprint density at radius 3 is 2.61 bits per heavy atom. The maximum atomic E-state index is 5.20. The Morgan fingerprint density at radius 1 is 1.39 bits per heavy atom. The standard InChI is InChI=1S/C13H24N4S/c1-13(2,3)12-15-10(9-11(18)16-12)14-7-6-8-17(4)5/h9H,6-8H2,1-5H3,(H2,14,15,16,18). The van der Waals surface area contributed by atoms with Crippen LogP contribution in [0.25, 0.3) is 0 Å². The van der Waals surface area contributed by atoms with Gasteiger partial charge in [0.2, 0.25) is 0 Å². The average molecular weight is 268 g/mol. The largest absolute Gasteiger partial charge is 0.371 e. The summed E-state index contributed by atoms with van der Waals surface area (Å²) >= 11 is 5.20. The fourth-order valence-electron chi connectivity index (χ4n) is 1.53. The van der Waals surface area contributed by atoms with Crippen LogP contribution in [0.3, 0.4) is 0 Å². The van der Waals surface area contributed by atoms with E-state index in [0.29, 0.717) is 4.64 Å². The van der Waals surface area contributed by atoms with Gasteiger partial charge in [-0.05, 0) is 27.1 Å². The number of nitrogens with one attached hydrogen (secondary N) is 2. The van der Waals surface area contributed by atoms with E-state index in [-0.39, 0.29) is 5.41 Å². The van der Waals surface area contributed by atoms with Crippen molar-refractivity contribution in [1.82, 2.24) is 14.9 Å². The van der Waals surface area contributed by atoms with Gasteiger partial charge in [-0.1, -0.05) is 33.0 Å². The van der Waals surface area contributed by atoms with E-state index in [9.17, 15) is 0 Å². The first-order chi connectivity index (χ1) is 8.29.